The van der Waals surface area contributed by atoms with Crippen LogP contribution >= 0.6 is 38.5 Å². The fourth-order valence-corrected chi connectivity index (χ4v) is 1.89. The van der Waals surface area contributed by atoms with Gasteiger partial charge in [0.1, 0.15) is 0 Å². The molecular formula is C8H4BrIN2O2. The predicted octanol–water partition coefficient (Wildman–Crippen LogP) is 2.41. The van der Waals surface area contributed by atoms with Crippen molar-refractivity contribution in [1.82, 2.24) is 9.97 Å². The van der Waals surface area contributed by atoms with Crippen molar-refractivity contribution < 1.29 is 10.2 Å². The van der Waals surface area contributed by atoms with E-state index in [2.05, 4.69) is 48.5 Å². The van der Waals surface area contributed by atoms with Gasteiger partial charge in [-0.05, 0) is 50.7 Å². The summed E-state index contributed by atoms with van der Waals surface area (Å²) in [5.41, 5.74) is 0.516. The number of benzene rings is 1. The highest BCUT2D eigenvalue weighted by Crippen LogP contribution is 2.29. The zero-order valence-electron chi connectivity index (χ0n) is 6.70. The van der Waals surface area contributed by atoms with Crippen molar-refractivity contribution in [2.45, 2.75) is 0 Å². The molecule has 0 unspecified atom stereocenters. The van der Waals surface area contributed by atoms with Crippen molar-refractivity contribution in [3.63, 3.8) is 0 Å². The molecule has 4 nitrogen and oxygen atoms in total. The second-order valence-electron chi connectivity index (χ2n) is 2.63. The summed E-state index contributed by atoms with van der Waals surface area (Å²) in [6.45, 7) is 0. The number of hydrogen-bond acceptors (Lipinski definition) is 4. The molecule has 0 fully saturated rings. The Hall–Kier alpha value is -0.630. The van der Waals surface area contributed by atoms with Crippen LogP contribution in [0.3, 0.4) is 0 Å². The molecule has 0 spiro atoms. The molecule has 0 aliphatic carbocycles. The van der Waals surface area contributed by atoms with E-state index in [0.717, 1.165) is 8.04 Å². The smallest absolute Gasteiger partial charge is 0.317 e. The third-order valence-electron chi connectivity index (χ3n) is 1.71. The summed E-state index contributed by atoms with van der Waals surface area (Å²) in [5.74, 6) is -0.218. The topological polar surface area (TPSA) is 66.2 Å². The van der Waals surface area contributed by atoms with E-state index in [1.807, 2.05) is 0 Å². The van der Waals surface area contributed by atoms with Crippen molar-refractivity contribution in [3.8, 4) is 11.9 Å². The van der Waals surface area contributed by atoms with E-state index >= 15 is 0 Å². The molecule has 2 N–H and O–H groups in total. The first-order valence-electron chi connectivity index (χ1n) is 3.62. The Bertz CT molecular complexity index is 518. The molecule has 2 rings (SSSR count). The number of aromatic hydroxyl groups is 2. The first-order chi connectivity index (χ1) is 6.58. The molecule has 0 radical (unpaired) electrons. The molecule has 1 aromatic carbocycles. The molecule has 2 aromatic rings. The van der Waals surface area contributed by atoms with Crippen LogP contribution in [0.15, 0.2) is 16.6 Å². The summed E-state index contributed by atoms with van der Waals surface area (Å²) in [6.07, 6.45) is 0. The van der Waals surface area contributed by atoms with Crippen LogP contribution in [0, 0.1) is 3.57 Å². The van der Waals surface area contributed by atoms with Gasteiger partial charge in [-0.2, -0.15) is 9.97 Å². The average molecular weight is 367 g/mol. The minimum absolute atomic E-state index is 0.218. The van der Waals surface area contributed by atoms with Gasteiger partial charge >= 0.3 is 6.01 Å². The van der Waals surface area contributed by atoms with Crippen molar-refractivity contribution >= 4 is 49.4 Å². The molecule has 0 saturated carbocycles. The molecule has 0 aliphatic heterocycles. The van der Waals surface area contributed by atoms with Crippen LogP contribution in [-0.4, -0.2) is 20.2 Å². The largest absolute Gasteiger partial charge is 0.493 e. The molecule has 72 valence electrons. The molecule has 0 bridgehead atoms. The van der Waals surface area contributed by atoms with Gasteiger partial charge in [-0.15, -0.1) is 0 Å². The monoisotopic (exact) mass is 366 g/mol. The zero-order valence-corrected chi connectivity index (χ0v) is 10.4. The van der Waals surface area contributed by atoms with E-state index in [-0.39, 0.29) is 5.88 Å². The third-order valence-corrected chi connectivity index (χ3v) is 4.00. The highest BCUT2D eigenvalue weighted by molar-refractivity contribution is 14.1. The third kappa shape index (κ3) is 1.63. The van der Waals surface area contributed by atoms with Gasteiger partial charge in [0.05, 0.1) is 10.9 Å². The molecule has 0 amide bonds. The summed E-state index contributed by atoms with van der Waals surface area (Å²) in [5, 5.41) is 19.0. The number of rotatable bonds is 0. The van der Waals surface area contributed by atoms with Gasteiger partial charge in [0.25, 0.3) is 0 Å². The maximum absolute atomic E-state index is 9.43. The quantitative estimate of drug-likeness (QED) is 0.703. The number of aromatic nitrogens is 2. The summed E-state index contributed by atoms with van der Waals surface area (Å²) < 4.78 is 1.81. The molecule has 0 saturated heterocycles. The molecular weight excluding hydrogens is 363 g/mol. The number of fused-ring (bicyclic) bond motifs is 1. The van der Waals surface area contributed by atoms with E-state index in [1.165, 1.54) is 0 Å². The SMILES string of the molecule is Oc1nc(O)c2cc(Br)c(I)cc2n1. The molecule has 0 aliphatic rings. The minimum Gasteiger partial charge on any atom is -0.493 e. The van der Waals surface area contributed by atoms with Gasteiger partial charge in [0.15, 0.2) is 0 Å². The van der Waals surface area contributed by atoms with E-state index in [1.54, 1.807) is 12.1 Å². The van der Waals surface area contributed by atoms with Gasteiger partial charge in [0, 0.05) is 8.04 Å². The summed E-state index contributed by atoms with van der Waals surface area (Å²) in [6, 6.07) is 3.04. The van der Waals surface area contributed by atoms with Crippen LogP contribution in [-0.2, 0) is 0 Å². The Kier molecular flexibility index (Phi) is 2.48. The highest BCUT2D eigenvalue weighted by Gasteiger charge is 2.08. The summed E-state index contributed by atoms with van der Waals surface area (Å²) in [7, 11) is 0. The predicted molar refractivity (Wildman–Crippen MR) is 63.3 cm³/mol. The maximum Gasteiger partial charge on any atom is 0.317 e. The lowest BCUT2D eigenvalue weighted by atomic mass is 10.2. The fourth-order valence-electron chi connectivity index (χ4n) is 1.10. The van der Waals surface area contributed by atoms with Gasteiger partial charge in [-0.1, -0.05) is 0 Å². The molecule has 1 aromatic heterocycles. The lowest BCUT2D eigenvalue weighted by Crippen LogP contribution is -1.87. The van der Waals surface area contributed by atoms with Crippen molar-refractivity contribution in [2.75, 3.05) is 0 Å². The van der Waals surface area contributed by atoms with Gasteiger partial charge in [-0.3, -0.25) is 0 Å². The van der Waals surface area contributed by atoms with Crippen LogP contribution in [0.25, 0.3) is 10.9 Å². The number of nitrogens with zero attached hydrogens (tertiary/aromatic N) is 2. The van der Waals surface area contributed by atoms with Gasteiger partial charge in [0.2, 0.25) is 5.88 Å². The number of halogens is 2. The van der Waals surface area contributed by atoms with Gasteiger partial charge in [-0.25, -0.2) is 0 Å². The molecule has 6 heteroatoms. The summed E-state index contributed by atoms with van der Waals surface area (Å²) >= 11 is 5.46. The Balaban J connectivity index is 2.89. The van der Waals surface area contributed by atoms with E-state index in [9.17, 15) is 5.11 Å². The second-order valence-corrected chi connectivity index (χ2v) is 4.65. The fraction of sp³-hybridized carbons (Fsp3) is 0. The van der Waals surface area contributed by atoms with Crippen molar-refractivity contribution in [3.05, 3.63) is 20.2 Å². The van der Waals surface area contributed by atoms with Crippen LogP contribution < -0.4 is 0 Å². The number of hydrogen-bond donors (Lipinski definition) is 2. The first-order valence-corrected chi connectivity index (χ1v) is 5.50. The van der Waals surface area contributed by atoms with Gasteiger partial charge < -0.3 is 10.2 Å². The van der Waals surface area contributed by atoms with Crippen molar-refractivity contribution in [2.24, 2.45) is 0 Å². The lowest BCUT2D eigenvalue weighted by Gasteiger charge is -2.02. The first kappa shape index (κ1) is 9.91. The zero-order chi connectivity index (χ0) is 10.3. The van der Waals surface area contributed by atoms with Crippen LogP contribution in [0.4, 0.5) is 0 Å². The standard InChI is InChI=1S/C8H4BrIN2O2/c9-4-1-3-6(2-5(4)10)11-8(14)12-7(3)13/h1-2H,(H2,11,12,13,14). The van der Waals surface area contributed by atoms with E-state index < -0.39 is 6.01 Å². The van der Waals surface area contributed by atoms with E-state index in [4.69, 9.17) is 5.11 Å². The Labute approximate surface area is 101 Å². The Morgan fingerprint density at radius 3 is 2.64 bits per heavy atom. The van der Waals surface area contributed by atoms with E-state index in [0.29, 0.717) is 10.9 Å². The molecule has 14 heavy (non-hydrogen) atoms. The molecule has 0 atom stereocenters. The Morgan fingerprint density at radius 1 is 1.21 bits per heavy atom. The van der Waals surface area contributed by atoms with Crippen LogP contribution in [0.5, 0.6) is 11.9 Å². The van der Waals surface area contributed by atoms with Crippen LogP contribution in [0.1, 0.15) is 0 Å². The minimum atomic E-state index is -0.423. The lowest BCUT2D eigenvalue weighted by molar-refractivity contribution is 0.403. The molecule has 1 heterocycles. The summed E-state index contributed by atoms with van der Waals surface area (Å²) in [4.78, 5) is 7.25. The highest BCUT2D eigenvalue weighted by atomic mass is 127. The maximum atomic E-state index is 9.43. The van der Waals surface area contributed by atoms with Crippen LogP contribution in [0.2, 0.25) is 0 Å². The second kappa shape index (κ2) is 3.50. The average Bonchev–Trinajstić information content (AvgIpc) is 2.08. The normalized spacial score (nSPS) is 10.7. The van der Waals surface area contributed by atoms with Crippen molar-refractivity contribution in [1.29, 1.82) is 0 Å². The Morgan fingerprint density at radius 2 is 1.93 bits per heavy atom.